The highest BCUT2D eigenvalue weighted by Crippen LogP contribution is 2.15. The van der Waals surface area contributed by atoms with Crippen LogP contribution in [0.4, 0.5) is 16.3 Å². The Morgan fingerprint density at radius 3 is 2.17 bits per heavy atom. The summed E-state index contributed by atoms with van der Waals surface area (Å²) in [6.07, 6.45) is 0.866. The number of urea groups is 1. The van der Waals surface area contributed by atoms with Gasteiger partial charge in [0.25, 0.3) is 0 Å². The zero-order chi connectivity index (χ0) is 16.9. The summed E-state index contributed by atoms with van der Waals surface area (Å²) in [4.78, 5) is 11.9. The van der Waals surface area contributed by atoms with Crippen molar-refractivity contribution < 1.29 is 9.32 Å². The van der Waals surface area contributed by atoms with Gasteiger partial charge in [-0.2, -0.15) is 0 Å². The monoisotopic (exact) mass is 321 g/mol. The fourth-order valence-corrected chi connectivity index (χ4v) is 2.35. The van der Waals surface area contributed by atoms with Crippen molar-refractivity contribution >= 4 is 17.5 Å². The number of nitrogens with one attached hydrogen (secondary N) is 2. The van der Waals surface area contributed by atoms with Gasteiger partial charge in [0.2, 0.25) is 0 Å². The van der Waals surface area contributed by atoms with Crippen molar-refractivity contribution in [3.8, 4) is 0 Å². The summed E-state index contributed by atoms with van der Waals surface area (Å²) < 4.78 is 4.90. The molecule has 5 nitrogen and oxygen atoms in total. The molecule has 122 valence electrons. The van der Waals surface area contributed by atoms with Gasteiger partial charge in [0.1, 0.15) is 5.76 Å². The molecular formula is C19H19N3O2. The van der Waals surface area contributed by atoms with E-state index in [1.165, 1.54) is 16.7 Å². The molecule has 1 heterocycles. The molecule has 2 N–H and O–H groups in total. The Labute approximate surface area is 140 Å². The number of hydrogen-bond donors (Lipinski definition) is 2. The molecule has 0 aliphatic heterocycles. The maximum Gasteiger partial charge on any atom is 0.324 e. The Balaban J connectivity index is 1.57. The first-order valence-corrected chi connectivity index (χ1v) is 7.74. The van der Waals surface area contributed by atoms with Crippen LogP contribution in [0.5, 0.6) is 0 Å². The molecular weight excluding hydrogens is 302 g/mol. The van der Waals surface area contributed by atoms with Gasteiger partial charge in [0.05, 0.1) is 0 Å². The summed E-state index contributed by atoms with van der Waals surface area (Å²) in [7, 11) is 0. The Kier molecular flexibility index (Phi) is 4.61. The van der Waals surface area contributed by atoms with Gasteiger partial charge in [0, 0.05) is 11.8 Å². The first-order valence-electron chi connectivity index (χ1n) is 7.74. The second kappa shape index (κ2) is 7.00. The molecule has 2 amide bonds. The highest BCUT2D eigenvalue weighted by Gasteiger charge is 2.06. The number of nitrogens with zero attached hydrogens (tertiary/aromatic N) is 1. The van der Waals surface area contributed by atoms with Crippen molar-refractivity contribution in [1.29, 1.82) is 0 Å². The first kappa shape index (κ1) is 15.8. The molecule has 5 heteroatoms. The third kappa shape index (κ3) is 4.23. The Morgan fingerprint density at radius 1 is 0.958 bits per heavy atom. The number of carbonyl (C=O) groups excluding carboxylic acids is 1. The van der Waals surface area contributed by atoms with E-state index in [1.807, 2.05) is 24.3 Å². The van der Waals surface area contributed by atoms with E-state index in [0.29, 0.717) is 11.6 Å². The molecule has 0 aliphatic carbocycles. The molecule has 0 saturated carbocycles. The summed E-state index contributed by atoms with van der Waals surface area (Å²) in [6.45, 7) is 3.85. The second-order valence-electron chi connectivity index (χ2n) is 5.76. The van der Waals surface area contributed by atoms with Crippen molar-refractivity contribution in [3.05, 3.63) is 77.0 Å². The van der Waals surface area contributed by atoms with Crippen molar-refractivity contribution in [2.24, 2.45) is 0 Å². The quantitative estimate of drug-likeness (QED) is 0.742. The normalized spacial score (nSPS) is 10.4. The third-order valence-corrected chi connectivity index (χ3v) is 3.61. The molecule has 1 aromatic heterocycles. The Hall–Kier alpha value is -3.08. The van der Waals surface area contributed by atoms with Crippen LogP contribution in [0, 0.1) is 13.8 Å². The van der Waals surface area contributed by atoms with E-state index < -0.39 is 0 Å². The molecule has 0 radical (unpaired) electrons. The second-order valence-corrected chi connectivity index (χ2v) is 5.76. The Morgan fingerprint density at radius 2 is 1.58 bits per heavy atom. The maximum atomic E-state index is 11.9. The molecule has 0 atom stereocenters. The highest BCUT2D eigenvalue weighted by atomic mass is 16.5. The molecule has 3 aromatic rings. The number of hydrogen-bond acceptors (Lipinski definition) is 3. The zero-order valence-electron chi connectivity index (χ0n) is 13.7. The van der Waals surface area contributed by atoms with Crippen molar-refractivity contribution in [1.82, 2.24) is 5.16 Å². The van der Waals surface area contributed by atoms with E-state index in [-0.39, 0.29) is 6.03 Å². The number of carbonyl (C=O) groups is 1. The predicted octanol–water partition coefficient (Wildman–Crippen LogP) is 4.53. The van der Waals surface area contributed by atoms with Crippen molar-refractivity contribution in [2.75, 3.05) is 10.6 Å². The molecule has 0 saturated heterocycles. The average molecular weight is 321 g/mol. The average Bonchev–Trinajstić information content (AvgIpc) is 2.96. The molecule has 0 fully saturated rings. The number of amides is 2. The summed E-state index contributed by atoms with van der Waals surface area (Å²) in [5, 5.41) is 9.10. The van der Waals surface area contributed by atoms with E-state index in [2.05, 4.69) is 47.0 Å². The number of benzene rings is 2. The van der Waals surface area contributed by atoms with Gasteiger partial charge < -0.3 is 9.84 Å². The van der Waals surface area contributed by atoms with Crippen LogP contribution >= 0.6 is 0 Å². The van der Waals surface area contributed by atoms with Gasteiger partial charge in [-0.25, -0.2) is 4.79 Å². The minimum Gasteiger partial charge on any atom is -0.360 e. The van der Waals surface area contributed by atoms with Gasteiger partial charge in [-0.05, 0) is 43.5 Å². The lowest BCUT2D eigenvalue weighted by Crippen LogP contribution is -2.19. The van der Waals surface area contributed by atoms with Gasteiger partial charge in [-0.3, -0.25) is 5.32 Å². The first-order chi connectivity index (χ1) is 11.6. The van der Waals surface area contributed by atoms with Gasteiger partial charge in [-0.15, -0.1) is 0 Å². The van der Waals surface area contributed by atoms with Crippen LogP contribution in [0.3, 0.4) is 0 Å². The molecule has 24 heavy (non-hydrogen) atoms. The number of anilines is 2. The van der Waals surface area contributed by atoms with Gasteiger partial charge in [-0.1, -0.05) is 47.1 Å². The van der Waals surface area contributed by atoms with Crippen molar-refractivity contribution in [3.63, 3.8) is 0 Å². The number of rotatable bonds is 4. The fraction of sp³-hybridized carbons (Fsp3) is 0.158. The van der Waals surface area contributed by atoms with Crippen LogP contribution in [0.2, 0.25) is 0 Å². The summed E-state index contributed by atoms with van der Waals surface area (Å²) in [5.41, 5.74) is 4.43. The smallest absolute Gasteiger partial charge is 0.324 e. The molecule has 2 aromatic carbocycles. The van der Waals surface area contributed by atoms with Crippen LogP contribution in [0.15, 0.2) is 59.1 Å². The summed E-state index contributed by atoms with van der Waals surface area (Å²) in [6, 6.07) is 17.6. The summed E-state index contributed by atoms with van der Waals surface area (Å²) >= 11 is 0. The third-order valence-electron chi connectivity index (χ3n) is 3.61. The van der Waals surface area contributed by atoms with Gasteiger partial charge >= 0.3 is 6.03 Å². The van der Waals surface area contributed by atoms with Crippen molar-refractivity contribution in [2.45, 2.75) is 20.3 Å². The van der Waals surface area contributed by atoms with E-state index >= 15 is 0 Å². The lowest BCUT2D eigenvalue weighted by atomic mass is 10.0. The highest BCUT2D eigenvalue weighted by molar-refractivity contribution is 5.99. The van der Waals surface area contributed by atoms with E-state index in [1.54, 1.807) is 13.0 Å². The predicted molar refractivity (Wildman–Crippen MR) is 94.3 cm³/mol. The molecule has 0 bridgehead atoms. The lowest BCUT2D eigenvalue weighted by Gasteiger charge is -2.07. The zero-order valence-corrected chi connectivity index (χ0v) is 13.7. The topological polar surface area (TPSA) is 67.2 Å². The largest absolute Gasteiger partial charge is 0.360 e. The van der Waals surface area contributed by atoms with Crippen LogP contribution in [-0.2, 0) is 6.42 Å². The number of aryl methyl sites for hydroxylation is 2. The van der Waals surface area contributed by atoms with E-state index in [4.69, 9.17) is 4.52 Å². The molecule has 0 unspecified atom stereocenters. The molecule has 0 aliphatic rings. The van der Waals surface area contributed by atoms with Crippen LogP contribution in [0.25, 0.3) is 0 Å². The lowest BCUT2D eigenvalue weighted by molar-refractivity contribution is 0.262. The minimum absolute atomic E-state index is 0.352. The number of aromatic nitrogens is 1. The Bertz CT molecular complexity index is 821. The fourth-order valence-electron chi connectivity index (χ4n) is 2.35. The SMILES string of the molecule is Cc1ccc(Cc2ccc(NC(=O)Nc3cc(C)on3)cc2)cc1. The standard InChI is InChI=1S/C19H19N3O2/c1-13-3-5-15(6-4-13)12-16-7-9-17(10-8-16)20-19(23)21-18-11-14(2)24-22-18/h3-11H,12H2,1-2H3,(H2,20,21,22,23). The van der Waals surface area contributed by atoms with Crippen LogP contribution < -0.4 is 10.6 Å². The van der Waals surface area contributed by atoms with Crippen LogP contribution in [-0.4, -0.2) is 11.2 Å². The maximum absolute atomic E-state index is 11.9. The van der Waals surface area contributed by atoms with E-state index in [9.17, 15) is 4.79 Å². The van der Waals surface area contributed by atoms with E-state index in [0.717, 1.165) is 12.1 Å². The summed E-state index contributed by atoms with van der Waals surface area (Å²) in [5.74, 6) is 1.03. The van der Waals surface area contributed by atoms with Gasteiger partial charge in [0.15, 0.2) is 5.82 Å². The molecule has 0 spiro atoms. The molecule has 3 rings (SSSR count). The minimum atomic E-state index is -0.352. The van der Waals surface area contributed by atoms with Crippen LogP contribution in [0.1, 0.15) is 22.5 Å².